The van der Waals surface area contributed by atoms with Gasteiger partial charge in [0.05, 0.1) is 0 Å². The van der Waals surface area contributed by atoms with E-state index in [0.717, 1.165) is 57.4 Å². The Bertz CT molecular complexity index is 740. The molecule has 144 valence electrons. The second kappa shape index (κ2) is 7.71. The zero-order chi connectivity index (χ0) is 18.8. The van der Waals surface area contributed by atoms with Crippen LogP contribution in [0.2, 0.25) is 0 Å². The predicted molar refractivity (Wildman–Crippen MR) is 101 cm³/mol. The number of carbonyl (C=O) groups is 3. The molecule has 0 radical (unpaired) electrons. The van der Waals surface area contributed by atoms with Gasteiger partial charge in [-0.2, -0.15) is 0 Å². The fraction of sp³-hybridized carbons (Fsp3) is 0.571. The summed E-state index contributed by atoms with van der Waals surface area (Å²) < 4.78 is 0. The van der Waals surface area contributed by atoms with E-state index in [2.05, 4.69) is 5.32 Å². The Kier molecular flexibility index (Phi) is 5.14. The topological polar surface area (TPSA) is 69.7 Å². The fourth-order valence-corrected chi connectivity index (χ4v) is 4.52. The first-order valence-electron chi connectivity index (χ1n) is 10.1. The first-order valence-corrected chi connectivity index (χ1v) is 10.1. The number of rotatable bonds is 4. The van der Waals surface area contributed by atoms with Gasteiger partial charge in [-0.05, 0) is 43.2 Å². The first kappa shape index (κ1) is 18.0. The summed E-state index contributed by atoms with van der Waals surface area (Å²) in [6.45, 7) is 3.24. The Morgan fingerprint density at radius 1 is 1.11 bits per heavy atom. The van der Waals surface area contributed by atoms with Crippen LogP contribution in [0.5, 0.6) is 0 Å². The molecule has 1 aromatic carbocycles. The van der Waals surface area contributed by atoms with Crippen molar-refractivity contribution in [3.8, 4) is 0 Å². The van der Waals surface area contributed by atoms with Gasteiger partial charge in [-0.3, -0.25) is 14.4 Å². The molecule has 3 aliphatic rings. The highest BCUT2D eigenvalue weighted by Gasteiger charge is 2.33. The predicted octanol–water partition coefficient (Wildman–Crippen LogP) is 1.59. The normalized spacial score (nSPS) is 23.3. The summed E-state index contributed by atoms with van der Waals surface area (Å²) >= 11 is 0. The third-order valence-electron chi connectivity index (χ3n) is 6.19. The van der Waals surface area contributed by atoms with Crippen molar-refractivity contribution in [2.45, 2.75) is 44.6 Å². The summed E-state index contributed by atoms with van der Waals surface area (Å²) in [4.78, 5) is 40.7. The molecule has 3 aliphatic heterocycles. The molecule has 4 rings (SSSR count). The molecule has 1 atom stereocenters. The Hall–Kier alpha value is -2.37. The molecule has 0 spiro atoms. The van der Waals surface area contributed by atoms with Crippen LogP contribution in [0.15, 0.2) is 24.3 Å². The average Bonchev–Trinajstić information content (AvgIpc) is 3.11. The quantitative estimate of drug-likeness (QED) is 0.876. The molecule has 0 saturated carbocycles. The van der Waals surface area contributed by atoms with Crippen LogP contribution in [-0.2, 0) is 16.0 Å². The molecule has 6 nitrogen and oxygen atoms in total. The number of likely N-dealkylation sites (tertiary alicyclic amines) is 2. The minimum atomic E-state index is -0.453. The van der Waals surface area contributed by atoms with Crippen LogP contribution in [0.3, 0.4) is 0 Å². The molecule has 27 heavy (non-hydrogen) atoms. The molecule has 6 heteroatoms. The van der Waals surface area contributed by atoms with Gasteiger partial charge < -0.3 is 15.1 Å². The number of nitrogens with one attached hydrogen (secondary N) is 1. The largest absolute Gasteiger partial charge is 0.343 e. The van der Waals surface area contributed by atoms with Crippen molar-refractivity contribution in [3.63, 3.8) is 0 Å². The standard InChI is InChI=1S/C21H27N3O3/c25-19-6-3-10-23(19)11-7-15-8-12-24(13-9-15)21(27)18-14-16-4-1-2-5-17(16)20(26)22-18/h1-2,4-5,15,18H,3,6-14H2,(H,22,26)/t18-/m1/s1. The molecule has 1 N–H and O–H groups in total. The third kappa shape index (κ3) is 3.84. The second-order valence-corrected chi connectivity index (χ2v) is 7.93. The molecule has 2 saturated heterocycles. The third-order valence-corrected chi connectivity index (χ3v) is 6.19. The Balaban J connectivity index is 1.28. The maximum atomic E-state index is 12.9. The number of hydrogen-bond acceptors (Lipinski definition) is 3. The number of carbonyl (C=O) groups excluding carboxylic acids is 3. The lowest BCUT2D eigenvalue weighted by atomic mass is 9.91. The van der Waals surface area contributed by atoms with Crippen molar-refractivity contribution in [2.24, 2.45) is 5.92 Å². The smallest absolute Gasteiger partial charge is 0.252 e. The highest BCUT2D eigenvalue weighted by molar-refractivity contribution is 6.00. The van der Waals surface area contributed by atoms with Crippen molar-refractivity contribution < 1.29 is 14.4 Å². The number of nitrogens with zero attached hydrogens (tertiary/aromatic N) is 2. The number of hydrogen-bond donors (Lipinski definition) is 1. The summed E-state index contributed by atoms with van der Waals surface area (Å²) in [5.41, 5.74) is 1.63. The van der Waals surface area contributed by atoms with E-state index in [1.807, 2.05) is 34.1 Å². The lowest BCUT2D eigenvalue weighted by Crippen LogP contribution is -2.53. The molecule has 0 aromatic heterocycles. The highest BCUT2D eigenvalue weighted by atomic mass is 16.2. The lowest BCUT2D eigenvalue weighted by molar-refractivity contribution is -0.134. The number of benzene rings is 1. The van der Waals surface area contributed by atoms with E-state index in [-0.39, 0.29) is 17.7 Å². The molecule has 1 aromatic rings. The maximum absolute atomic E-state index is 12.9. The molecule has 0 bridgehead atoms. The zero-order valence-corrected chi connectivity index (χ0v) is 15.7. The van der Waals surface area contributed by atoms with Crippen LogP contribution in [0.1, 0.15) is 48.0 Å². The van der Waals surface area contributed by atoms with Crippen molar-refractivity contribution in [1.29, 1.82) is 0 Å². The highest BCUT2D eigenvalue weighted by Crippen LogP contribution is 2.24. The Morgan fingerprint density at radius 3 is 2.63 bits per heavy atom. The van der Waals surface area contributed by atoms with Crippen LogP contribution in [0, 0.1) is 5.92 Å². The summed E-state index contributed by atoms with van der Waals surface area (Å²) in [5, 5.41) is 2.87. The monoisotopic (exact) mass is 369 g/mol. The van der Waals surface area contributed by atoms with Crippen molar-refractivity contribution in [1.82, 2.24) is 15.1 Å². The molecular weight excluding hydrogens is 342 g/mol. The van der Waals surface area contributed by atoms with E-state index in [1.165, 1.54) is 0 Å². The van der Waals surface area contributed by atoms with E-state index in [9.17, 15) is 14.4 Å². The zero-order valence-electron chi connectivity index (χ0n) is 15.7. The van der Waals surface area contributed by atoms with Crippen molar-refractivity contribution in [3.05, 3.63) is 35.4 Å². The molecule has 0 aliphatic carbocycles. The number of piperidine rings is 1. The number of amides is 3. The minimum Gasteiger partial charge on any atom is -0.343 e. The van der Waals surface area contributed by atoms with E-state index in [0.29, 0.717) is 24.3 Å². The van der Waals surface area contributed by atoms with Gasteiger partial charge in [0.2, 0.25) is 11.8 Å². The molecule has 0 unspecified atom stereocenters. The molecule has 3 amide bonds. The summed E-state index contributed by atoms with van der Waals surface area (Å²) in [6, 6.07) is 7.05. The van der Waals surface area contributed by atoms with Crippen molar-refractivity contribution in [2.75, 3.05) is 26.2 Å². The summed E-state index contributed by atoms with van der Waals surface area (Å²) in [5.74, 6) is 0.742. The van der Waals surface area contributed by atoms with Gasteiger partial charge in [-0.1, -0.05) is 18.2 Å². The summed E-state index contributed by atoms with van der Waals surface area (Å²) in [6.07, 6.45) is 5.24. The van der Waals surface area contributed by atoms with E-state index < -0.39 is 6.04 Å². The van der Waals surface area contributed by atoms with E-state index >= 15 is 0 Å². The fourth-order valence-electron chi connectivity index (χ4n) is 4.52. The van der Waals surface area contributed by atoms with Gasteiger partial charge in [-0.25, -0.2) is 0 Å². The van der Waals surface area contributed by atoms with Crippen LogP contribution in [0.4, 0.5) is 0 Å². The Labute approximate surface area is 159 Å². The van der Waals surface area contributed by atoms with Crippen LogP contribution < -0.4 is 5.32 Å². The van der Waals surface area contributed by atoms with Crippen LogP contribution >= 0.6 is 0 Å². The van der Waals surface area contributed by atoms with Gasteiger partial charge >= 0.3 is 0 Å². The van der Waals surface area contributed by atoms with Gasteiger partial charge in [0.25, 0.3) is 5.91 Å². The first-order chi connectivity index (χ1) is 13.1. The van der Waals surface area contributed by atoms with Gasteiger partial charge in [-0.15, -0.1) is 0 Å². The molecule has 3 heterocycles. The van der Waals surface area contributed by atoms with Crippen molar-refractivity contribution >= 4 is 17.7 Å². The van der Waals surface area contributed by atoms with Crippen LogP contribution in [0.25, 0.3) is 0 Å². The van der Waals surface area contributed by atoms with Crippen LogP contribution in [-0.4, -0.2) is 59.7 Å². The van der Waals surface area contributed by atoms with Gasteiger partial charge in [0.1, 0.15) is 6.04 Å². The summed E-state index contributed by atoms with van der Waals surface area (Å²) in [7, 11) is 0. The van der Waals surface area contributed by atoms with E-state index in [4.69, 9.17) is 0 Å². The van der Waals surface area contributed by atoms with Gasteiger partial charge in [0, 0.05) is 44.6 Å². The average molecular weight is 369 g/mol. The Morgan fingerprint density at radius 2 is 1.89 bits per heavy atom. The molecule has 2 fully saturated rings. The molecular formula is C21H27N3O3. The maximum Gasteiger partial charge on any atom is 0.252 e. The second-order valence-electron chi connectivity index (χ2n) is 7.93. The minimum absolute atomic E-state index is 0.0334. The van der Waals surface area contributed by atoms with E-state index in [1.54, 1.807) is 0 Å². The van der Waals surface area contributed by atoms with Gasteiger partial charge in [0.15, 0.2) is 0 Å². The number of fused-ring (bicyclic) bond motifs is 1. The SMILES string of the molecule is O=C1N[C@@H](C(=O)N2CCC(CCN3CCCC3=O)CC2)Cc2ccccc21. The lowest BCUT2D eigenvalue weighted by Gasteiger charge is -2.36.